The maximum atomic E-state index is 12.5. The van der Waals surface area contributed by atoms with Crippen molar-refractivity contribution in [3.63, 3.8) is 0 Å². The van der Waals surface area contributed by atoms with Gasteiger partial charge in [0.1, 0.15) is 5.75 Å². The molecule has 0 aliphatic carbocycles. The molecule has 0 aliphatic rings. The summed E-state index contributed by atoms with van der Waals surface area (Å²) in [5, 5.41) is 5.60. The summed E-state index contributed by atoms with van der Waals surface area (Å²) in [6, 6.07) is 13.0. The highest BCUT2D eigenvalue weighted by Crippen LogP contribution is 2.25. The van der Waals surface area contributed by atoms with Gasteiger partial charge in [-0.05, 0) is 43.3 Å². The van der Waals surface area contributed by atoms with E-state index >= 15 is 0 Å². The van der Waals surface area contributed by atoms with Crippen molar-refractivity contribution >= 4 is 29.3 Å². The second-order valence-electron chi connectivity index (χ2n) is 7.01. The van der Waals surface area contributed by atoms with Crippen LogP contribution in [0.25, 0.3) is 0 Å². The largest absolute Gasteiger partial charge is 0.513 e. The summed E-state index contributed by atoms with van der Waals surface area (Å²) in [5.74, 6) is -0.248. The average molecular weight is 384 g/mol. The SMILES string of the molecule is CCOC(=O)Oc1ccc(C(=O)Nc2ccccc2NC(=O)C(C)(C)C)cc1. The van der Waals surface area contributed by atoms with E-state index in [9.17, 15) is 14.4 Å². The Morgan fingerprint density at radius 3 is 2.00 bits per heavy atom. The van der Waals surface area contributed by atoms with Crippen LogP contribution in [0.2, 0.25) is 0 Å². The van der Waals surface area contributed by atoms with Gasteiger partial charge in [0, 0.05) is 11.0 Å². The minimum Gasteiger partial charge on any atom is -0.434 e. The van der Waals surface area contributed by atoms with Crippen LogP contribution in [0.3, 0.4) is 0 Å². The van der Waals surface area contributed by atoms with Gasteiger partial charge in [-0.1, -0.05) is 32.9 Å². The van der Waals surface area contributed by atoms with Gasteiger partial charge in [0.25, 0.3) is 5.91 Å². The van der Waals surface area contributed by atoms with Crippen LogP contribution in [-0.4, -0.2) is 24.6 Å². The highest BCUT2D eigenvalue weighted by molar-refractivity contribution is 6.07. The predicted molar refractivity (Wildman–Crippen MR) is 107 cm³/mol. The maximum Gasteiger partial charge on any atom is 0.513 e. The van der Waals surface area contributed by atoms with E-state index in [-0.39, 0.29) is 24.2 Å². The second-order valence-corrected chi connectivity index (χ2v) is 7.01. The summed E-state index contributed by atoms with van der Waals surface area (Å²) in [4.78, 5) is 36.1. The number of carbonyl (C=O) groups is 3. The van der Waals surface area contributed by atoms with E-state index < -0.39 is 11.6 Å². The monoisotopic (exact) mass is 384 g/mol. The number of ether oxygens (including phenoxy) is 2. The van der Waals surface area contributed by atoms with Crippen LogP contribution in [0.4, 0.5) is 16.2 Å². The summed E-state index contributed by atoms with van der Waals surface area (Å²) in [5.41, 5.74) is 0.800. The molecule has 28 heavy (non-hydrogen) atoms. The Labute approximate surface area is 164 Å². The van der Waals surface area contributed by atoms with E-state index in [0.717, 1.165) is 0 Å². The van der Waals surface area contributed by atoms with Crippen LogP contribution in [0, 0.1) is 5.41 Å². The lowest BCUT2D eigenvalue weighted by Crippen LogP contribution is -2.28. The molecule has 2 amide bonds. The number of amides is 2. The van der Waals surface area contributed by atoms with Gasteiger partial charge in [-0.3, -0.25) is 9.59 Å². The number of hydrogen-bond donors (Lipinski definition) is 2. The number of carbonyl (C=O) groups excluding carboxylic acids is 3. The zero-order valence-corrected chi connectivity index (χ0v) is 16.4. The normalized spacial score (nSPS) is 10.7. The van der Waals surface area contributed by atoms with E-state index in [0.29, 0.717) is 16.9 Å². The van der Waals surface area contributed by atoms with E-state index in [1.54, 1.807) is 31.2 Å². The van der Waals surface area contributed by atoms with Crippen molar-refractivity contribution in [2.24, 2.45) is 5.41 Å². The first kappa shape index (κ1) is 21.0. The molecular formula is C21H24N2O5. The molecule has 148 valence electrons. The molecule has 2 N–H and O–H groups in total. The van der Waals surface area contributed by atoms with Gasteiger partial charge in [-0.25, -0.2) is 4.79 Å². The molecule has 0 atom stereocenters. The van der Waals surface area contributed by atoms with Crippen molar-refractivity contribution in [3.8, 4) is 5.75 Å². The standard InChI is InChI=1S/C21H24N2O5/c1-5-27-20(26)28-15-12-10-14(11-13-15)18(24)22-16-8-6-7-9-17(16)23-19(25)21(2,3)4/h6-13H,5H2,1-4H3,(H,22,24)(H,23,25). The fourth-order valence-corrected chi connectivity index (χ4v) is 2.12. The summed E-state index contributed by atoms with van der Waals surface area (Å²) < 4.78 is 9.66. The van der Waals surface area contributed by atoms with E-state index in [4.69, 9.17) is 9.47 Å². The lowest BCUT2D eigenvalue weighted by atomic mass is 9.95. The molecule has 0 unspecified atom stereocenters. The van der Waals surface area contributed by atoms with Crippen molar-refractivity contribution in [1.82, 2.24) is 0 Å². The lowest BCUT2D eigenvalue weighted by molar-refractivity contribution is -0.123. The average Bonchev–Trinajstić information content (AvgIpc) is 2.63. The topological polar surface area (TPSA) is 93.7 Å². The van der Waals surface area contributed by atoms with Crippen LogP contribution in [0.15, 0.2) is 48.5 Å². The predicted octanol–water partition coefficient (Wildman–Crippen LogP) is 4.46. The Morgan fingerprint density at radius 1 is 0.893 bits per heavy atom. The molecule has 0 saturated carbocycles. The molecule has 0 saturated heterocycles. The Balaban J connectivity index is 2.09. The molecule has 0 radical (unpaired) electrons. The van der Waals surface area contributed by atoms with Crippen molar-refractivity contribution in [2.45, 2.75) is 27.7 Å². The molecular weight excluding hydrogens is 360 g/mol. The maximum absolute atomic E-state index is 12.5. The number of hydrogen-bond acceptors (Lipinski definition) is 5. The lowest BCUT2D eigenvalue weighted by Gasteiger charge is -2.19. The van der Waals surface area contributed by atoms with Crippen molar-refractivity contribution in [1.29, 1.82) is 0 Å². The zero-order chi connectivity index (χ0) is 20.7. The highest BCUT2D eigenvalue weighted by Gasteiger charge is 2.22. The fourth-order valence-electron chi connectivity index (χ4n) is 2.12. The van der Waals surface area contributed by atoms with Crippen molar-refractivity contribution in [2.75, 3.05) is 17.2 Å². The molecule has 0 aromatic heterocycles. The number of para-hydroxylation sites is 2. The van der Waals surface area contributed by atoms with Gasteiger partial charge < -0.3 is 20.1 Å². The first-order valence-corrected chi connectivity index (χ1v) is 8.87. The summed E-state index contributed by atoms with van der Waals surface area (Å²) >= 11 is 0. The van der Waals surface area contributed by atoms with Crippen LogP contribution in [0.5, 0.6) is 5.75 Å². The second kappa shape index (κ2) is 9.03. The molecule has 7 nitrogen and oxygen atoms in total. The minimum absolute atomic E-state index is 0.158. The van der Waals surface area contributed by atoms with Crippen LogP contribution in [0.1, 0.15) is 38.1 Å². The van der Waals surface area contributed by atoms with Gasteiger partial charge in [-0.2, -0.15) is 0 Å². The Hall–Kier alpha value is -3.35. The number of rotatable bonds is 5. The first-order valence-electron chi connectivity index (χ1n) is 8.87. The number of anilines is 2. The first-order chi connectivity index (χ1) is 13.2. The molecule has 0 aliphatic heterocycles. The Bertz CT molecular complexity index is 854. The highest BCUT2D eigenvalue weighted by atomic mass is 16.7. The van der Waals surface area contributed by atoms with Gasteiger partial charge in [0.2, 0.25) is 5.91 Å². The molecule has 0 bridgehead atoms. The van der Waals surface area contributed by atoms with Crippen molar-refractivity contribution < 1.29 is 23.9 Å². The fraction of sp³-hybridized carbons (Fsp3) is 0.286. The van der Waals surface area contributed by atoms with Crippen LogP contribution in [-0.2, 0) is 9.53 Å². The van der Waals surface area contributed by atoms with Gasteiger partial charge in [0.15, 0.2) is 0 Å². The molecule has 0 heterocycles. The molecule has 0 fully saturated rings. The Kier molecular flexibility index (Phi) is 6.76. The number of nitrogens with one attached hydrogen (secondary N) is 2. The summed E-state index contributed by atoms with van der Waals surface area (Å²) in [7, 11) is 0. The quantitative estimate of drug-likeness (QED) is 0.586. The molecule has 2 rings (SSSR count). The number of benzene rings is 2. The third-order valence-electron chi connectivity index (χ3n) is 3.68. The minimum atomic E-state index is -0.803. The Morgan fingerprint density at radius 2 is 1.46 bits per heavy atom. The third-order valence-corrected chi connectivity index (χ3v) is 3.68. The summed E-state index contributed by atoms with van der Waals surface area (Å²) in [6.45, 7) is 7.32. The van der Waals surface area contributed by atoms with E-state index in [1.807, 2.05) is 20.8 Å². The third kappa shape index (κ3) is 5.84. The van der Waals surface area contributed by atoms with Crippen LogP contribution >= 0.6 is 0 Å². The molecule has 2 aromatic carbocycles. The smallest absolute Gasteiger partial charge is 0.434 e. The molecule has 2 aromatic rings. The molecule has 0 spiro atoms. The van der Waals surface area contributed by atoms with E-state index in [2.05, 4.69) is 10.6 Å². The zero-order valence-electron chi connectivity index (χ0n) is 16.4. The van der Waals surface area contributed by atoms with Gasteiger partial charge >= 0.3 is 6.16 Å². The van der Waals surface area contributed by atoms with Crippen molar-refractivity contribution in [3.05, 3.63) is 54.1 Å². The van der Waals surface area contributed by atoms with Crippen LogP contribution < -0.4 is 15.4 Å². The van der Waals surface area contributed by atoms with E-state index in [1.165, 1.54) is 24.3 Å². The van der Waals surface area contributed by atoms with Gasteiger partial charge in [-0.15, -0.1) is 0 Å². The van der Waals surface area contributed by atoms with Gasteiger partial charge in [0.05, 0.1) is 18.0 Å². The molecule has 7 heteroatoms. The summed E-state index contributed by atoms with van der Waals surface area (Å²) in [6.07, 6.45) is -0.803.